The molecule has 2 amide bonds. The van der Waals surface area contributed by atoms with E-state index in [4.69, 9.17) is 5.11 Å². The number of piperidine rings is 1. The van der Waals surface area contributed by atoms with Crippen LogP contribution in [0.15, 0.2) is 0 Å². The topological polar surface area (TPSA) is 89.9 Å². The molecule has 1 rings (SSSR count). The highest BCUT2D eigenvalue weighted by atomic mass is 16.4. The third-order valence-corrected chi connectivity index (χ3v) is 3.35. The Balaban J connectivity index is 2.18. The van der Waals surface area contributed by atoms with Gasteiger partial charge in [-0.25, -0.2) is 4.79 Å². The highest BCUT2D eigenvalue weighted by Gasteiger charge is 2.25. The fourth-order valence-electron chi connectivity index (χ4n) is 2.13. The lowest BCUT2D eigenvalue weighted by Crippen LogP contribution is -2.46. The van der Waals surface area contributed by atoms with Gasteiger partial charge in [-0.2, -0.15) is 0 Å². The summed E-state index contributed by atoms with van der Waals surface area (Å²) in [5.74, 6) is -0.567. The number of aliphatic carboxylic acids is 1. The molecule has 0 aliphatic carbocycles. The van der Waals surface area contributed by atoms with Crippen molar-refractivity contribution in [2.45, 2.75) is 38.7 Å². The number of hydrogen-bond acceptors (Lipinski definition) is 3. The summed E-state index contributed by atoms with van der Waals surface area (Å²) in [6.45, 7) is 3.48. The summed E-state index contributed by atoms with van der Waals surface area (Å²) in [7, 11) is 0. The third-order valence-electron chi connectivity index (χ3n) is 3.35. The molecule has 0 bridgehead atoms. The number of likely N-dealkylation sites (tertiary alicyclic amines) is 1. The maximum atomic E-state index is 11.7. The van der Waals surface area contributed by atoms with E-state index >= 15 is 0 Å². The first-order chi connectivity index (χ1) is 8.50. The Morgan fingerprint density at radius 1 is 1.39 bits per heavy atom. The molecule has 0 radical (unpaired) electrons. The van der Waals surface area contributed by atoms with E-state index in [0.717, 1.165) is 12.8 Å². The maximum Gasteiger partial charge on any atom is 0.317 e. The number of carboxylic acid groups (broad SMARTS) is 1. The number of nitrogens with one attached hydrogen (secondary N) is 1. The lowest BCUT2D eigenvalue weighted by atomic mass is 9.92. The molecule has 1 aliphatic rings. The van der Waals surface area contributed by atoms with E-state index < -0.39 is 5.97 Å². The largest absolute Gasteiger partial charge is 0.481 e. The monoisotopic (exact) mass is 258 g/mol. The van der Waals surface area contributed by atoms with Crippen LogP contribution in [0.1, 0.15) is 32.6 Å². The predicted octanol–water partition coefficient (Wildman–Crippen LogP) is 0.654. The summed E-state index contributed by atoms with van der Waals surface area (Å²) < 4.78 is 0. The number of carbonyl (C=O) groups excluding carboxylic acids is 1. The summed E-state index contributed by atoms with van der Waals surface area (Å²) in [5.41, 5.74) is 0. The summed E-state index contributed by atoms with van der Waals surface area (Å²) in [6.07, 6.45) is 1.85. The van der Waals surface area contributed by atoms with Crippen LogP contribution in [0.2, 0.25) is 0 Å². The first kappa shape index (κ1) is 14.8. The van der Waals surface area contributed by atoms with Crippen LogP contribution < -0.4 is 5.32 Å². The molecule has 6 heteroatoms. The Labute approximate surface area is 107 Å². The quantitative estimate of drug-likeness (QED) is 0.632. The minimum absolute atomic E-state index is 0.0738. The van der Waals surface area contributed by atoms with E-state index in [2.05, 4.69) is 5.32 Å². The van der Waals surface area contributed by atoms with Crippen molar-refractivity contribution in [2.75, 3.05) is 19.6 Å². The van der Waals surface area contributed by atoms with Crippen LogP contribution in [0.4, 0.5) is 4.79 Å². The summed E-state index contributed by atoms with van der Waals surface area (Å²) in [5, 5.41) is 20.6. The highest BCUT2D eigenvalue weighted by Crippen LogP contribution is 2.20. The van der Waals surface area contributed by atoms with E-state index in [0.29, 0.717) is 26.1 Å². The fraction of sp³-hybridized carbons (Fsp3) is 0.833. The number of carbonyl (C=O) groups is 2. The molecule has 18 heavy (non-hydrogen) atoms. The second-order valence-electron chi connectivity index (χ2n) is 4.79. The molecular formula is C12H22N2O4. The molecule has 1 fully saturated rings. The number of nitrogens with zero attached hydrogens (tertiary/aromatic N) is 1. The Morgan fingerprint density at radius 2 is 2.00 bits per heavy atom. The molecule has 0 aromatic carbocycles. The molecular weight excluding hydrogens is 236 g/mol. The van der Waals surface area contributed by atoms with Gasteiger partial charge < -0.3 is 20.4 Å². The molecule has 3 N–H and O–H groups in total. The number of rotatable bonds is 5. The zero-order valence-corrected chi connectivity index (χ0v) is 10.8. The molecule has 0 spiro atoms. The van der Waals surface area contributed by atoms with Gasteiger partial charge in [0.2, 0.25) is 0 Å². The van der Waals surface area contributed by atoms with Crippen LogP contribution in [-0.4, -0.2) is 52.9 Å². The van der Waals surface area contributed by atoms with Crippen LogP contribution in [0, 0.1) is 5.92 Å². The Kier molecular flexibility index (Phi) is 5.91. The van der Waals surface area contributed by atoms with Crippen molar-refractivity contribution in [1.29, 1.82) is 0 Å². The third kappa shape index (κ3) is 4.91. The van der Waals surface area contributed by atoms with Crippen molar-refractivity contribution in [2.24, 2.45) is 5.92 Å². The van der Waals surface area contributed by atoms with Crippen molar-refractivity contribution < 1.29 is 19.8 Å². The SMILES string of the molecule is CC(O)C1CCN(C(=O)NCCCC(=O)O)CC1. The number of amides is 2. The standard InChI is InChI=1S/C12H22N2O4/c1-9(15)10-4-7-14(8-5-10)12(18)13-6-2-3-11(16)17/h9-10,15H,2-8H2,1H3,(H,13,18)(H,16,17). The summed E-state index contributed by atoms with van der Waals surface area (Å²) >= 11 is 0. The van der Waals surface area contributed by atoms with Gasteiger partial charge in [0.05, 0.1) is 6.10 Å². The van der Waals surface area contributed by atoms with Crippen LogP contribution in [0.3, 0.4) is 0 Å². The summed E-state index contributed by atoms with van der Waals surface area (Å²) in [6, 6.07) is -0.135. The van der Waals surface area contributed by atoms with Gasteiger partial charge in [0.1, 0.15) is 0 Å². The van der Waals surface area contributed by atoms with Crippen LogP contribution in [0.5, 0.6) is 0 Å². The highest BCUT2D eigenvalue weighted by molar-refractivity contribution is 5.74. The van der Waals surface area contributed by atoms with Crippen molar-refractivity contribution >= 4 is 12.0 Å². The predicted molar refractivity (Wildman–Crippen MR) is 66.2 cm³/mol. The number of urea groups is 1. The molecule has 0 aromatic rings. The minimum atomic E-state index is -0.845. The van der Waals surface area contributed by atoms with Gasteiger partial charge in [-0.3, -0.25) is 4.79 Å². The Bertz CT molecular complexity index is 286. The number of hydrogen-bond donors (Lipinski definition) is 3. The average Bonchev–Trinajstić information content (AvgIpc) is 2.34. The number of aliphatic hydroxyl groups is 1. The maximum absolute atomic E-state index is 11.7. The average molecular weight is 258 g/mol. The van der Waals surface area contributed by atoms with Gasteiger partial charge in [-0.15, -0.1) is 0 Å². The Hall–Kier alpha value is -1.30. The lowest BCUT2D eigenvalue weighted by Gasteiger charge is -2.33. The van der Waals surface area contributed by atoms with Crippen LogP contribution >= 0.6 is 0 Å². The molecule has 0 aromatic heterocycles. The molecule has 0 saturated carbocycles. The molecule has 1 aliphatic heterocycles. The van der Waals surface area contributed by atoms with Gasteiger partial charge in [0, 0.05) is 26.1 Å². The molecule has 1 heterocycles. The van der Waals surface area contributed by atoms with Crippen LogP contribution in [-0.2, 0) is 4.79 Å². The molecule has 1 atom stereocenters. The van der Waals surface area contributed by atoms with Crippen molar-refractivity contribution in [1.82, 2.24) is 10.2 Å². The van der Waals surface area contributed by atoms with E-state index in [1.165, 1.54) is 0 Å². The van der Waals surface area contributed by atoms with Crippen LogP contribution in [0.25, 0.3) is 0 Å². The van der Waals surface area contributed by atoms with Gasteiger partial charge >= 0.3 is 12.0 Å². The van der Waals surface area contributed by atoms with Crippen molar-refractivity contribution in [3.63, 3.8) is 0 Å². The minimum Gasteiger partial charge on any atom is -0.481 e. The second kappa shape index (κ2) is 7.20. The number of carboxylic acids is 1. The normalized spacial score (nSPS) is 18.4. The molecule has 1 saturated heterocycles. The second-order valence-corrected chi connectivity index (χ2v) is 4.79. The molecule has 6 nitrogen and oxygen atoms in total. The van der Waals surface area contributed by atoms with Crippen molar-refractivity contribution in [3.05, 3.63) is 0 Å². The molecule has 1 unspecified atom stereocenters. The zero-order chi connectivity index (χ0) is 13.5. The number of aliphatic hydroxyl groups excluding tert-OH is 1. The molecule has 104 valence electrons. The zero-order valence-electron chi connectivity index (χ0n) is 10.8. The van der Waals surface area contributed by atoms with Crippen molar-refractivity contribution in [3.8, 4) is 0 Å². The fourth-order valence-corrected chi connectivity index (χ4v) is 2.13. The van der Waals surface area contributed by atoms with Gasteiger partial charge in [0.25, 0.3) is 0 Å². The Morgan fingerprint density at radius 3 is 2.50 bits per heavy atom. The van der Waals surface area contributed by atoms with E-state index in [1.807, 2.05) is 0 Å². The van der Waals surface area contributed by atoms with E-state index in [-0.39, 0.29) is 24.5 Å². The summed E-state index contributed by atoms with van der Waals surface area (Å²) in [4.78, 5) is 23.7. The lowest BCUT2D eigenvalue weighted by molar-refractivity contribution is -0.137. The van der Waals surface area contributed by atoms with E-state index in [9.17, 15) is 14.7 Å². The van der Waals surface area contributed by atoms with Gasteiger partial charge in [-0.1, -0.05) is 0 Å². The first-order valence-electron chi connectivity index (χ1n) is 6.43. The van der Waals surface area contributed by atoms with Gasteiger partial charge in [0.15, 0.2) is 0 Å². The smallest absolute Gasteiger partial charge is 0.317 e. The van der Waals surface area contributed by atoms with E-state index in [1.54, 1.807) is 11.8 Å². The van der Waals surface area contributed by atoms with Gasteiger partial charge in [-0.05, 0) is 32.1 Å². The first-order valence-corrected chi connectivity index (χ1v) is 6.43.